The van der Waals surface area contributed by atoms with Gasteiger partial charge in [0.15, 0.2) is 0 Å². The summed E-state index contributed by atoms with van der Waals surface area (Å²) in [6.07, 6.45) is 1.08. The van der Waals surface area contributed by atoms with Crippen molar-refractivity contribution in [1.82, 2.24) is 10.3 Å². The number of amides is 1. The van der Waals surface area contributed by atoms with E-state index in [4.69, 9.17) is 4.74 Å². The fraction of sp³-hybridized carbons (Fsp3) is 0.667. The second kappa shape index (κ2) is 8.54. The smallest absolute Gasteiger partial charge is 0.417 e. The van der Waals surface area contributed by atoms with Crippen LogP contribution in [0.5, 0.6) is 5.88 Å². The van der Waals surface area contributed by atoms with Crippen LogP contribution in [0.25, 0.3) is 0 Å². The minimum Gasteiger partial charge on any atom is -0.474 e. The number of hydrogen-bond acceptors (Lipinski definition) is 3. The average Bonchev–Trinajstić information content (AvgIpc) is 2.57. The van der Waals surface area contributed by atoms with E-state index in [9.17, 15) is 18.0 Å². The first-order valence-corrected chi connectivity index (χ1v) is 8.83. The number of nitrogens with one attached hydrogen (secondary N) is 1. The molecule has 25 heavy (non-hydrogen) atoms. The number of carbonyl (C=O) groups is 1. The van der Waals surface area contributed by atoms with E-state index >= 15 is 0 Å². The van der Waals surface area contributed by atoms with Crippen molar-refractivity contribution >= 4 is 5.91 Å². The fourth-order valence-corrected chi connectivity index (χ4v) is 3.09. The largest absolute Gasteiger partial charge is 0.474 e. The standard InChI is InChI=1S/C18H25F3N2O2/c1-3-12(4-2)17(24)23-14-6-8-15(9-7-14)25-16-10-5-13(11-22-16)18(19,20)21/h5,10-12,14-15H,3-4,6-9H2,1-2H3,(H,23,24). The number of rotatable bonds is 6. The lowest BCUT2D eigenvalue weighted by atomic mass is 9.92. The molecule has 1 aliphatic carbocycles. The predicted octanol–water partition coefficient (Wildman–Crippen LogP) is 4.34. The molecule has 0 aliphatic heterocycles. The average molecular weight is 358 g/mol. The number of hydrogen-bond donors (Lipinski definition) is 1. The first kappa shape index (κ1) is 19.5. The van der Waals surface area contributed by atoms with Gasteiger partial charge in [0.25, 0.3) is 0 Å². The van der Waals surface area contributed by atoms with Crippen LogP contribution in [0, 0.1) is 5.92 Å². The van der Waals surface area contributed by atoms with Crippen molar-refractivity contribution in [1.29, 1.82) is 0 Å². The highest BCUT2D eigenvalue weighted by atomic mass is 19.4. The Morgan fingerprint density at radius 3 is 2.36 bits per heavy atom. The van der Waals surface area contributed by atoms with Gasteiger partial charge in [0, 0.05) is 24.2 Å². The van der Waals surface area contributed by atoms with Gasteiger partial charge in [-0.3, -0.25) is 4.79 Å². The molecule has 2 rings (SSSR count). The molecule has 1 amide bonds. The van der Waals surface area contributed by atoms with Crippen molar-refractivity contribution in [3.63, 3.8) is 0 Å². The van der Waals surface area contributed by atoms with Gasteiger partial charge in [-0.1, -0.05) is 13.8 Å². The third kappa shape index (κ3) is 5.61. The summed E-state index contributed by atoms with van der Waals surface area (Å²) in [5.41, 5.74) is -0.785. The highest BCUT2D eigenvalue weighted by molar-refractivity contribution is 5.78. The topological polar surface area (TPSA) is 51.2 Å². The Balaban J connectivity index is 1.79. The number of alkyl halides is 3. The molecule has 1 fully saturated rings. The molecule has 1 heterocycles. The number of nitrogens with zero attached hydrogens (tertiary/aromatic N) is 1. The Bertz CT molecular complexity index is 548. The Kier molecular flexibility index (Phi) is 6.67. The minimum atomic E-state index is -4.39. The van der Waals surface area contributed by atoms with Crippen LogP contribution in [0.3, 0.4) is 0 Å². The highest BCUT2D eigenvalue weighted by Gasteiger charge is 2.31. The summed E-state index contributed by atoms with van der Waals surface area (Å²) in [4.78, 5) is 15.9. The lowest BCUT2D eigenvalue weighted by Crippen LogP contribution is -2.42. The van der Waals surface area contributed by atoms with E-state index in [1.54, 1.807) is 0 Å². The van der Waals surface area contributed by atoms with Crippen molar-refractivity contribution < 1.29 is 22.7 Å². The minimum absolute atomic E-state index is 0.0605. The van der Waals surface area contributed by atoms with E-state index in [0.29, 0.717) is 0 Å². The quantitative estimate of drug-likeness (QED) is 0.823. The molecule has 0 aromatic carbocycles. The van der Waals surface area contributed by atoms with Gasteiger partial charge in [0.1, 0.15) is 6.10 Å². The molecule has 4 nitrogen and oxygen atoms in total. The van der Waals surface area contributed by atoms with E-state index < -0.39 is 11.7 Å². The second-order valence-electron chi connectivity index (χ2n) is 6.50. The van der Waals surface area contributed by atoms with Gasteiger partial charge in [0.05, 0.1) is 5.56 Å². The van der Waals surface area contributed by atoms with Gasteiger partial charge >= 0.3 is 6.18 Å². The molecular formula is C18H25F3N2O2. The van der Waals surface area contributed by atoms with Crippen molar-refractivity contribution in [2.24, 2.45) is 5.92 Å². The van der Waals surface area contributed by atoms with E-state index in [2.05, 4.69) is 10.3 Å². The van der Waals surface area contributed by atoms with Crippen LogP contribution in [0.2, 0.25) is 0 Å². The van der Waals surface area contributed by atoms with Crippen LogP contribution in [0.15, 0.2) is 18.3 Å². The normalized spacial score (nSPS) is 21.2. The molecule has 1 N–H and O–H groups in total. The van der Waals surface area contributed by atoms with Crippen molar-refractivity contribution in [2.75, 3.05) is 0 Å². The monoisotopic (exact) mass is 358 g/mol. The third-order valence-electron chi connectivity index (χ3n) is 4.73. The zero-order valence-corrected chi connectivity index (χ0v) is 14.6. The molecule has 0 bridgehead atoms. The van der Waals surface area contributed by atoms with Gasteiger partial charge in [-0.15, -0.1) is 0 Å². The second-order valence-corrected chi connectivity index (χ2v) is 6.50. The molecule has 0 radical (unpaired) electrons. The fourth-order valence-electron chi connectivity index (χ4n) is 3.09. The van der Waals surface area contributed by atoms with E-state index in [1.165, 1.54) is 6.07 Å². The van der Waals surface area contributed by atoms with E-state index in [-0.39, 0.29) is 29.9 Å². The van der Waals surface area contributed by atoms with Crippen LogP contribution in [-0.4, -0.2) is 23.0 Å². The van der Waals surface area contributed by atoms with Crippen LogP contribution in [-0.2, 0) is 11.0 Å². The molecule has 1 saturated carbocycles. The zero-order valence-electron chi connectivity index (χ0n) is 14.6. The summed E-state index contributed by atoms with van der Waals surface area (Å²) in [5, 5.41) is 3.09. The lowest BCUT2D eigenvalue weighted by Gasteiger charge is -2.30. The molecule has 0 atom stereocenters. The molecule has 1 aromatic heterocycles. The maximum absolute atomic E-state index is 12.5. The first-order valence-electron chi connectivity index (χ1n) is 8.83. The van der Waals surface area contributed by atoms with Crippen molar-refractivity contribution in [3.8, 4) is 5.88 Å². The van der Waals surface area contributed by atoms with Gasteiger partial charge in [-0.2, -0.15) is 13.2 Å². The number of aromatic nitrogens is 1. The maximum Gasteiger partial charge on any atom is 0.417 e. The number of halogens is 3. The van der Waals surface area contributed by atoms with Gasteiger partial charge in [-0.25, -0.2) is 4.98 Å². The van der Waals surface area contributed by atoms with E-state index in [0.717, 1.165) is 50.8 Å². The summed E-state index contributed by atoms with van der Waals surface area (Å²) in [6.45, 7) is 4.02. The van der Waals surface area contributed by atoms with Crippen LogP contribution in [0.1, 0.15) is 57.9 Å². The van der Waals surface area contributed by atoms with Crippen molar-refractivity contribution in [2.45, 2.75) is 70.7 Å². The zero-order chi connectivity index (χ0) is 18.4. The summed E-state index contributed by atoms with van der Waals surface area (Å²) in [5.74, 6) is 0.376. The SMILES string of the molecule is CCC(CC)C(=O)NC1CCC(Oc2ccc(C(F)(F)F)cn2)CC1. The Labute approximate surface area is 146 Å². The molecule has 0 spiro atoms. The van der Waals surface area contributed by atoms with Crippen LogP contribution < -0.4 is 10.1 Å². The summed E-state index contributed by atoms with van der Waals surface area (Å²) >= 11 is 0. The van der Waals surface area contributed by atoms with Crippen molar-refractivity contribution in [3.05, 3.63) is 23.9 Å². The molecule has 7 heteroatoms. The third-order valence-corrected chi connectivity index (χ3v) is 4.73. The summed E-state index contributed by atoms with van der Waals surface area (Å²) in [6, 6.07) is 2.38. The Morgan fingerprint density at radius 2 is 1.88 bits per heavy atom. The summed E-state index contributed by atoms with van der Waals surface area (Å²) < 4.78 is 43.2. The molecule has 1 aliphatic rings. The van der Waals surface area contributed by atoms with Crippen LogP contribution in [0.4, 0.5) is 13.2 Å². The number of ether oxygens (including phenoxy) is 1. The maximum atomic E-state index is 12.5. The van der Waals surface area contributed by atoms with Crippen LogP contribution >= 0.6 is 0 Å². The van der Waals surface area contributed by atoms with Gasteiger partial charge in [0.2, 0.25) is 11.8 Å². The van der Waals surface area contributed by atoms with E-state index in [1.807, 2.05) is 13.8 Å². The molecular weight excluding hydrogens is 333 g/mol. The predicted molar refractivity (Wildman–Crippen MR) is 88.1 cm³/mol. The Hall–Kier alpha value is -1.79. The summed E-state index contributed by atoms with van der Waals surface area (Å²) in [7, 11) is 0. The highest BCUT2D eigenvalue weighted by Crippen LogP contribution is 2.30. The van der Waals surface area contributed by atoms with Gasteiger partial charge in [-0.05, 0) is 44.6 Å². The Morgan fingerprint density at radius 1 is 1.24 bits per heavy atom. The van der Waals surface area contributed by atoms with Gasteiger partial charge < -0.3 is 10.1 Å². The number of carbonyl (C=O) groups excluding carboxylic acids is 1. The molecule has 0 saturated heterocycles. The molecule has 1 aromatic rings. The molecule has 0 unspecified atom stereocenters. The lowest BCUT2D eigenvalue weighted by molar-refractivity contribution is -0.137. The molecule has 140 valence electrons. The number of pyridine rings is 1. The first-order chi connectivity index (χ1) is 11.8.